The molecule has 1 aliphatic heterocycles. The molecule has 1 N–H and O–H groups in total. The summed E-state index contributed by atoms with van der Waals surface area (Å²) < 4.78 is 1.99. The molecular formula is C19H26N4O. The van der Waals surface area contributed by atoms with E-state index in [0.29, 0.717) is 11.7 Å². The second-order valence-corrected chi connectivity index (χ2v) is 6.77. The van der Waals surface area contributed by atoms with Crippen molar-refractivity contribution >= 4 is 5.91 Å². The first kappa shape index (κ1) is 16.7. The Kier molecular flexibility index (Phi) is 5.00. The van der Waals surface area contributed by atoms with E-state index in [-0.39, 0.29) is 11.9 Å². The predicted octanol–water partition coefficient (Wildman–Crippen LogP) is 2.99. The lowest BCUT2D eigenvalue weighted by Crippen LogP contribution is -2.30. The molecule has 5 heteroatoms. The van der Waals surface area contributed by atoms with E-state index in [1.807, 2.05) is 48.0 Å². The van der Waals surface area contributed by atoms with Crippen molar-refractivity contribution in [3.8, 4) is 0 Å². The van der Waals surface area contributed by atoms with Crippen LogP contribution in [0.25, 0.3) is 0 Å². The first-order valence-electron chi connectivity index (χ1n) is 8.71. The second-order valence-electron chi connectivity index (χ2n) is 6.77. The van der Waals surface area contributed by atoms with Crippen LogP contribution in [0.15, 0.2) is 36.4 Å². The fraction of sp³-hybridized carbons (Fsp3) is 0.474. The number of amides is 1. The number of hydrogen-bond acceptors (Lipinski definition) is 3. The van der Waals surface area contributed by atoms with Crippen LogP contribution >= 0.6 is 0 Å². The molecule has 0 aliphatic carbocycles. The Morgan fingerprint density at radius 1 is 1.17 bits per heavy atom. The van der Waals surface area contributed by atoms with Gasteiger partial charge >= 0.3 is 0 Å². The topological polar surface area (TPSA) is 50.2 Å². The summed E-state index contributed by atoms with van der Waals surface area (Å²) in [5, 5.41) is 7.57. The number of fused-ring (bicyclic) bond motifs is 1. The van der Waals surface area contributed by atoms with Gasteiger partial charge in [-0.05, 0) is 38.8 Å². The summed E-state index contributed by atoms with van der Waals surface area (Å²) in [6.45, 7) is 9.22. The molecule has 1 atom stereocenters. The van der Waals surface area contributed by atoms with E-state index in [0.717, 1.165) is 37.3 Å². The van der Waals surface area contributed by atoms with Crippen LogP contribution in [0.3, 0.4) is 0 Å². The number of nitrogens with zero attached hydrogens (tertiary/aromatic N) is 3. The quantitative estimate of drug-likeness (QED) is 0.940. The Labute approximate surface area is 143 Å². The lowest BCUT2D eigenvalue weighted by molar-refractivity contribution is 0.0934. The number of benzene rings is 1. The second kappa shape index (κ2) is 7.18. The standard InChI is InChI=1S/C19H26N4O/c1-14(2)22-10-7-11-23-17(13-22)12-18(21-23)19(24)20-15(3)16-8-5-4-6-9-16/h4-6,8-9,12,14-15H,7,10-11,13H2,1-3H3,(H,20,24). The molecule has 2 heterocycles. The number of aromatic nitrogens is 2. The maximum atomic E-state index is 12.5. The summed E-state index contributed by atoms with van der Waals surface area (Å²) >= 11 is 0. The van der Waals surface area contributed by atoms with Gasteiger partial charge in [0.25, 0.3) is 5.91 Å². The van der Waals surface area contributed by atoms with E-state index in [1.54, 1.807) is 0 Å². The maximum Gasteiger partial charge on any atom is 0.272 e. The van der Waals surface area contributed by atoms with Crippen molar-refractivity contribution in [3.05, 3.63) is 53.3 Å². The summed E-state index contributed by atoms with van der Waals surface area (Å²) in [6, 6.07) is 12.4. The highest BCUT2D eigenvalue weighted by Crippen LogP contribution is 2.17. The molecule has 0 saturated heterocycles. The summed E-state index contributed by atoms with van der Waals surface area (Å²) in [5.74, 6) is -0.108. The Bertz CT molecular complexity index is 693. The lowest BCUT2D eigenvalue weighted by atomic mass is 10.1. The van der Waals surface area contributed by atoms with Gasteiger partial charge in [-0.25, -0.2) is 0 Å². The van der Waals surface area contributed by atoms with E-state index < -0.39 is 0 Å². The predicted molar refractivity (Wildman–Crippen MR) is 94.7 cm³/mol. The summed E-state index contributed by atoms with van der Waals surface area (Å²) in [5.41, 5.74) is 2.73. The maximum absolute atomic E-state index is 12.5. The van der Waals surface area contributed by atoms with Crippen molar-refractivity contribution < 1.29 is 4.79 Å². The van der Waals surface area contributed by atoms with Gasteiger partial charge in [-0.3, -0.25) is 14.4 Å². The Morgan fingerprint density at radius 3 is 2.62 bits per heavy atom. The smallest absolute Gasteiger partial charge is 0.272 e. The number of carbonyl (C=O) groups is 1. The highest BCUT2D eigenvalue weighted by atomic mass is 16.2. The minimum atomic E-state index is -0.108. The SMILES string of the molecule is CC(NC(=O)c1cc2n(n1)CCCN(C(C)C)C2)c1ccccc1. The molecule has 2 aromatic rings. The molecule has 1 amide bonds. The number of aryl methyl sites for hydroxylation is 1. The van der Waals surface area contributed by atoms with Gasteiger partial charge in [0, 0.05) is 25.7 Å². The molecule has 0 fully saturated rings. The summed E-state index contributed by atoms with van der Waals surface area (Å²) in [7, 11) is 0. The minimum Gasteiger partial charge on any atom is -0.344 e. The van der Waals surface area contributed by atoms with Crippen molar-refractivity contribution in [3.63, 3.8) is 0 Å². The molecule has 1 aromatic carbocycles. The van der Waals surface area contributed by atoms with Gasteiger partial charge < -0.3 is 5.32 Å². The highest BCUT2D eigenvalue weighted by molar-refractivity contribution is 5.92. The molecule has 0 radical (unpaired) electrons. The molecule has 3 rings (SSSR count). The average Bonchev–Trinajstić information content (AvgIpc) is 2.87. The lowest BCUT2D eigenvalue weighted by Gasteiger charge is -2.23. The molecule has 0 saturated carbocycles. The van der Waals surface area contributed by atoms with E-state index in [4.69, 9.17) is 0 Å². The van der Waals surface area contributed by atoms with Gasteiger partial charge in [0.2, 0.25) is 0 Å². The fourth-order valence-corrected chi connectivity index (χ4v) is 3.13. The van der Waals surface area contributed by atoms with Gasteiger partial charge in [0.05, 0.1) is 11.7 Å². The summed E-state index contributed by atoms with van der Waals surface area (Å²) in [6.07, 6.45) is 1.06. The van der Waals surface area contributed by atoms with Crippen LogP contribution in [-0.4, -0.2) is 33.2 Å². The van der Waals surface area contributed by atoms with E-state index in [2.05, 4.69) is 29.2 Å². The van der Waals surface area contributed by atoms with E-state index >= 15 is 0 Å². The van der Waals surface area contributed by atoms with Crippen LogP contribution in [0, 0.1) is 0 Å². The van der Waals surface area contributed by atoms with Crippen molar-refractivity contribution in [2.24, 2.45) is 0 Å². The first-order valence-corrected chi connectivity index (χ1v) is 8.71. The third kappa shape index (κ3) is 3.67. The first-order chi connectivity index (χ1) is 11.5. The van der Waals surface area contributed by atoms with Crippen LogP contribution in [0.4, 0.5) is 0 Å². The molecule has 5 nitrogen and oxygen atoms in total. The average molecular weight is 326 g/mol. The molecule has 0 bridgehead atoms. The zero-order valence-corrected chi connectivity index (χ0v) is 14.7. The number of rotatable bonds is 4. The zero-order valence-electron chi connectivity index (χ0n) is 14.7. The third-order valence-corrected chi connectivity index (χ3v) is 4.65. The van der Waals surface area contributed by atoms with Gasteiger partial charge in [-0.15, -0.1) is 0 Å². The van der Waals surface area contributed by atoms with E-state index in [9.17, 15) is 4.79 Å². The van der Waals surface area contributed by atoms with Crippen LogP contribution in [0.5, 0.6) is 0 Å². The van der Waals surface area contributed by atoms with Gasteiger partial charge in [-0.2, -0.15) is 5.10 Å². The Balaban J connectivity index is 1.72. The summed E-state index contributed by atoms with van der Waals surface area (Å²) in [4.78, 5) is 15.0. The monoisotopic (exact) mass is 326 g/mol. The molecule has 128 valence electrons. The molecule has 1 aromatic heterocycles. The van der Waals surface area contributed by atoms with Crippen molar-refractivity contribution in [2.75, 3.05) is 6.54 Å². The molecular weight excluding hydrogens is 300 g/mol. The van der Waals surface area contributed by atoms with Crippen LogP contribution < -0.4 is 5.32 Å². The molecule has 1 unspecified atom stereocenters. The normalized spacial score (nSPS) is 16.5. The highest BCUT2D eigenvalue weighted by Gasteiger charge is 2.21. The van der Waals surface area contributed by atoms with Crippen LogP contribution in [0.1, 0.15) is 55.0 Å². The van der Waals surface area contributed by atoms with Gasteiger partial charge in [0.15, 0.2) is 5.69 Å². The number of carbonyl (C=O) groups excluding carboxylic acids is 1. The van der Waals surface area contributed by atoms with Crippen LogP contribution in [-0.2, 0) is 13.1 Å². The van der Waals surface area contributed by atoms with Crippen molar-refractivity contribution in [1.29, 1.82) is 0 Å². The largest absolute Gasteiger partial charge is 0.344 e. The number of hydrogen-bond donors (Lipinski definition) is 1. The van der Waals surface area contributed by atoms with Gasteiger partial charge in [-0.1, -0.05) is 30.3 Å². The molecule has 0 spiro atoms. The minimum absolute atomic E-state index is 0.0348. The molecule has 1 aliphatic rings. The fourth-order valence-electron chi connectivity index (χ4n) is 3.13. The van der Waals surface area contributed by atoms with E-state index in [1.165, 1.54) is 0 Å². The molecule has 24 heavy (non-hydrogen) atoms. The Morgan fingerprint density at radius 2 is 1.92 bits per heavy atom. The third-order valence-electron chi connectivity index (χ3n) is 4.65. The van der Waals surface area contributed by atoms with Crippen molar-refractivity contribution in [1.82, 2.24) is 20.0 Å². The van der Waals surface area contributed by atoms with Crippen LogP contribution in [0.2, 0.25) is 0 Å². The van der Waals surface area contributed by atoms with Crippen molar-refractivity contribution in [2.45, 2.75) is 52.4 Å². The zero-order chi connectivity index (χ0) is 17.1. The number of nitrogens with one attached hydrogen (secondary N) is 1. The van der Waals surface area contributed by atoms with Gasteiger partial charge in [0.1, 0.15) is 0 Å². The Hall–Kier alpha value is -2.14.